The van der Waals surface area contributed by atoms with Crippen molar-refractivity contribution in [1.82, 2.24) is 9.88 Å². The zero-order valence-electron chi connectivity index (χ0n) is 20.8. The molecule has 5 rings (SSSR count). The van der Waals surface area contributed by atoms with Gasteiger partial charge in [0, 0.05) is 49.7 Å². The molecule has 1 aromatic heterocycles. The molecule has 188 valence electrons. The second kappa shape index (κ2) is 10.2. The average Bonchev–Trinajstić information content (AvgIpc) is 3.49. The van der Waals surface area contributed by atoms with Gasteiger partial charge in [0.15, 0.2) is 0 Å². The Hall–Kier alpha value is -4.52. The number of nitrogens with one attached hydrogen (secondary N) is 1. The number of rotatable bonds is 8. The predicted molar refractivity (Wildman–Crippen MR) is 143 cm³/mol. The Labute approximate surface area is 215 Å². The number of carboxylic acids is 1. The monoisotopic (exact) mass is 495 g/mol. The number of carboxylic acid groups (broad SMARTS) is 1. The first-order valence-electron chi connectivity index (χ1n) is 12.2. The zero-order valence-corrected chi connectivity index (χ0v) is 20.8. The van der Waals surface area contributed by atoms with Crippen LogP contribution in [0.5, 0.6) is 0 Å². The van der Waals surface area contributed by atoms with Gasteiger partial charge in [-0.05, 0) is 58.7 Å². The highest BCUT2D eigenvalue weighted by molar-refractivity contribution is 5.81. The summed E-state index contributed by atoms with van der Waals surface area (Å²) in [4.78, 5) is 26.8. The van der Waals surface area contributed by atoms with Crippen LogP contribution in [0.15, 0.2) is 91.1 Å². The van der Waals surface area contributed by atoms with Gasteiger partial charge in [0.25, 0.3) is 0 Å². The highest BCUT2D eigenvalue weighted by Crippen LogP contribution is 2.44. The van der Waals surface area contributed by atoms with Crippen molar-refractivity contribution >= 4 is 17.7 Å². The molecular formula is C30H29N3O4. The molecule has 1 aliphatic rings. The summed E-state index contributed by atoms with van der Waals surface area (Å²) in [6.45, 7) is 0.126. The van der Waals surface area contributed by atoms with E-state index >= 15 is 0 Å². The topological polar surface area (TPSA) is 83.8 Å². The molecule has 0 saturated heterocycles. The van der Waals surface area contributed by atoms with Gasteiger partial charge in [0.1, 0.15) is 12.6 Å². The number of aliphatic carboxylic acids is 1. The Kier molecular flexibility index (Phi) is 6.68. The molecule has 37 heavy (non-hydrogen) atoms. The normalized spacial score (nSPS) is 12.9. The number of aromatic nitrogens is 1. The van der Waals surface area contributed by atoms with E-state index < -0.39 is 18.1 Å². The molecule has 7 nitrogen and oxygen atoms in total. The van der Waals surface area contributed by atoms with Crippen LogP contribution in [0.25, 0.3) is 16.8 Å². The quantitative estimate of drug-likeness (QED) is 0.356. The fraction of sp³-hybridized carbons (Fsp3) is 0.200. The second-order valence-electron chi connectivity index (χ2n) is 9.35. The number of ether oxygens (including phenoxy) is 1. The summed E-state index contributed by atoms with van der Waals surface area (Å²) in [6, 6.07) is 26.7. The van der Waals surface area contributed by atoms with Crippen LogP contribution >= 0.6 is 0 Å². The molecule has 1 aliphatic carbocycles. The lowest BCUT2D eigenvalue weighted by Gasteiger charge is -2.19. The van der Waals surface area contributed by atoms with Crippen molar-refractivity contribution in [1.29, 1.82) is 0 Å². The van der Waals surface area contributed by atoms with E-state index in [2.05, 4.69) is 17.4 Å². The first-order valence-corrected chi connectivity index (χ1v) is 12.2. The Bertz CT molecular complexity index is 1380. The van der Waals surface area contributed by atoms with Crippen LogP contribution in [0, 0.1) is 0 Å². The molecular weight excluding hydrogens is 466 g/mol. The van der Waals surface area contributed by atoms with E-state index in [9.17, 15) is 14.7 Å². The highest BCUT2D eigenvalue weighted by Gasteiger charge is 2.30. The molecule has 0 spiro atoms. The number of benzene rings is 3. The van der Waals surface area contributed by atoms with Gasteiger partial charge in [-0.2, -0.15) is 0 Å². The largest absolute Gasteiger partial charge is 0.480 e. The van der Waals surface area contributed by atoms with Crippen molar-refractivity contribution in [2.75, 3.05) is 25.6 Å². The molecule has 1 amide bonds. The Morgan fingerprint density at radius 1 is 0.919 bits per heavy atom. The van der Waals surface area contributed by atoms with Crippen LogP contribution in [-0.2, 0) is 16.0 Å². The molecule has 0 bridgehead atoms. The maximum absolute atomic E-state index is 12.7. The smallest absolute Gasteiger partial charge is 0.407 e. The number of carbonyl (C=O) groups excluding carboxylic acids is 1. The molecule has 1 atom stereocenters. The lowest BCUT2D eigenvalue weighted by atomic mass is 9.98. The number of anilines is 1. The fourth-order valence-corrected chi connectivity index (χ4v) is 4.94. The number of amides is 1. The number of nitrogens with zero attached hydrogens (tertiary/aromatic N) is 2. The van der Waals surface area contributed by atoms with E-state index in [1.54, 1.807) is 0 Å². The van der Waals surface area contributed by atoms with Crippen LogP contribution in [0.4, 0.5) is 10.5 Å². The Balaban J connectivity index is 1.26. The molecule has 3 aromatic carbocycles. The summed E-state index contributed by atoms with van der Waals surface area (Å²) in [6.07, 6.45) is 1.25. The van der Waals surface area contributed by atoms with E-state index in [0.29, 0.717) is 0 Å². The number of carbonyl (C=O) groups is 2. The van der Waals surface area contributed by atoms with E-state index in [4.69, 9.17) is 4.74 Å². The summed E-state index contributed by atoms with van der Waals surface area (Å²) >= 11 is 0. The van der Waals surface area contributed by atoms with Gasteiger partial charge in [-0.3, -0.25) is 0 Å². The first kappa shape index (κ1) is 24.2. The number of hydrogen-bond donors (Lipinski definition) is 2. The SMILES string of the molecule is CN(C)c1ccc(-n2cccc2CC(NC(=O)OCC2c3ccccc3-c3ccccc32)C(=O)O)cc1. The van der Waals surface area contributed by atoms with E-state index in [1.807, 2.05) is 103 Å². The van der Waals surface area contributed by atoms with Gasteiger partial charge in [-0.25, -0.2) is 9.59 Å². The van der Waals surface area contributed by atoms with Crippen molar-refractivity contribution < 1.29 is 19.4 Å². The third kappa shape index (κ3) is 4.93. The van der Waals surface area contributed by atoms with Crippen molar-refractivity contribution in [3.8, 4) is 16.8 Å². The van der Waals surface area contributed by atoms with Crippen LogP contribution < -0.4 is 10.2 Å². The number of fused-ring (bicyclic) bond motifs is 3. The van der Waals surface area contributed by atoms with Crippen molar-refractivity contribution in [3.05, 3.63) is 108 Å². The average molecular weight is 496 g/mol. The van der Waals surface area contributed by atoms with Gasteiger partial charge in [0.2, 0.25) is 0 Å². The third-order valence-corrected chi connectivity index (χ3v) is 6.82. The molecule has 1 unspecified atom stereocenters. The third-order valence-electron chi connectivity index (χ3n) is 6.82. The number of hydrogen-bond acceptors (Lipinski definition) is 4. The molecule has 0 fully saturated rings. The van der Waals surface area contributed by atoms with Gasteiger partial charge in [0.05, 0.1) is 0 Å². The van der Waals surface area contributed by atoms with Gasteiger partial charge < -0.3 is 24.6 Å². The molecule has 0 saturated carbocycles. The molecule has 4 aromatic rings. The summed E-state index contributed by atoms with van der Waals surface area (Å²) in [7, 11) is 3.95. The summed E-state index contributed by atoms with van der Waals surface area (Å²) in [5, 5.41) is 12.4. The number of alkyl carbamates (subject to hydrolysis) is 1. The Morgan fingerprint density at radius 3 is 2.14 bits per heavy atom. The lowest BCUT2D eigenvalue weighted by molar-refractivity contribution is -0.139. The second-order valence-corrected chi connectivity index (χ2v) is 9.35. The van der Waals surface area contributed by atoms with Gasteiger partial charge in [-0.15, -0.1) is 0 Å². The maximum Gasteiger partial charge on any atom is 0.407 e. The molecule has 2 N–H and O–H groups in total. The lowest BCUT2D eigenvalue weighted by Crippen LogP contribution is -2.43. The van der Waals surface area contributed by atoms with Crippen LogP contribution in [0.2, 0.25) is 0 Å². The molecule has 0 radical (unpaired) electrons. The van der Waals surface area contributed by atoms with Gasteiger partial charge >= 0.3 is 12.1 Å². The minimum Gasteiger partial charge on any atom is -0.480 e. The van der Waals surface area contributed by atoms with E-state index in [1.165, 1.54) is 0 Å². The van der Waals surface area contributed by atoms with Crippen molar-refractivity contribution in [3.63, 3.8) is 0 Å². The minimum absolute atomic E-state index is 0.0937. The highest BCUT2D eigenvalue weighted by atomic mass is 16.5. The molecule has 0 aliphatic heterocycles. The van der Waals surface area contributed by atoms with Crippen LogP contribution in [-0.4, -0.2) is 48.5 Å². The molecule has 1 heterocycles. The van der Waals surface area contributed by atoms with Crippen LogP contribution in [0.3, 0.4) is 0 Å². The minimum atomic E-state index is -1.13. The maximum atomic E-state index is 12.7. The predicted octanol–water partition coefficient (Wildman–Crippen LogP) is 5.08. The van der Waals surface area contributed by atoms with E-state index in [0.717, 1.165) is 39.3 Å². The zero-order chi connectivity index (χ0) is 25.9. The fourth-order valence-electron chi connectivity index (χ4n) is 4.94. The molecule has 7 heteroatoms. The summed E-state index contributed by atoms with van der Waals surface area (Å²) in [5.74, 6) is -1.21. The Morgan fingerprint density at radius 2 is 1.54 bits per heavy atom. The van der Waals surface area contributed by atoms with Gasteiger partial charge in [-0.1, -0.05) is 48.5 Å². The van der Waals surface area contributed by atoms with E-state index in [-0.39, 0.29) is 18.9 Å². The summed E-state index contributed by atoms with van der Waals surface area (Å²) < 4.78 is 7.49. The standard InChI is InChI=1S/C30H29N3O4/c1-32(2)20-13-15-21(16-14-20)33-17-7-8-22(33)18-28(29(34)35)31-30(36)37-19-27-25-11-5-3-9-23(25)24-10-4-6-12-26(24)27/h3-17,27-28H,18-19H2,1-2H3,(H,31,36)(H,34,35). The van der Waals surface area contributed by atoms with Crippen LogP contribution in [0.1, 0.15) is 22.7 Å². The van der Waals surface area contributed by atoms with Crippen molar-refractivity contribution in [2.24, 2.45) is 0 Å². The van der Waals surface area contributed by atoms with Crippen molar-refractivity contribution in [2.45, 2.75) is 18.4 Å². The summed E-state index contributed by atoms with van der Waals surface area (Å²) in [5.41, 5.74) is 7.22. The first-order chi connectivity index (χ1) is 17.9.